The number of hydrogen-bond donors (Lipinski definition) is 2. The highest BCUT2D eigenvalue weighted by molar-refractivity contribution is 8.00. The molecule has 39 heavy (non-hydrogen) atoms. The molecule has 0 radical (unpaired) electrons. The number of halogens is 2. The largest absolute Gasteiger partial charge is 0.393 e. The number of aliphatic hydroxyl groups excluding tert-OH is 1. The zero-order chi connectivity index (χ0) is 28.0. The van der Waals surface area contributed by atoms with E-state index in [-0.39, 0.29) is 40.5 Å². The average molecular weight is 595 g/mol. The van der Waals surface area contributed by atoms with Crippen LogP contribution in [0.5, 0.6) is 0 Å². The van der Waals surface area contributed by atoms with Crippen LogP contribution < -0.4 is 4.90 Å². The quantitative estimate of drug-likeness (QED) is 0.275. The van der Waals surface area contributed by atoms with E-state index in [1.807, 2.05) is 37.3 Å². The van der Waals surface area contributed by atoms with E-state index in [1.54, 1.807) is 0 Å². The molecule has 1 aromatic carbocycles. The van der Waals surface area contributed by atoms with Crippen molar-refractivity contribution in [1.82, 2.24) is 0 Å². The minimum absolute atomic E-state index is 0.0752. The number of nitrogens with zero attached hydrogens (tertiary/aromatic N) is 1. The van der Waals surface area contributed by atoms with E-state index >= 15 is 0 Å². The zero-order valence-corrected chi connectivity index (χ0v) is 25.3. The Morgan fingerprint density at radius 3 is 2.44 bits per heavy atom. The average Bonchev–Trinajstić information content (AvgIpc) is 3.18. The summed E-state index contributed by atoms with van der Waals surface area (Å²) < 4.78 is 0. The second-order valence-corrected chi connectivity index (χ2v) is 14.4. The first-order valence-electron chi connectivity index (χ1n) is 14.3. The number of alkyl halides is 2. The van der Waals surface area contributed by atoms with Crippen molar-refractivity contribution < 1.29 is 19.8 Å². The molecule has 4 aliphatic carbocycles. The zero-order valence-electron chi connectivity index (χ0n) is 23.0. The summed E-state index contributed by atoms with van der Waals surface area (Å²) in [6.45, 7) is 5.71. The minimum Gasteiger partial charge on any atom is -0.393 e. The molecule has 1 unspecified atom stereocenters. The number of anilines is 1. The number of hydrogen-bond acceptors (Lipinski definition) is 6. The van der Waals surface area contributed by atoms with Crippen molar-refractivity contribution in [3.63, 3.8) is 0 Å². The molecule has 3 fully saturated rings. The van der Waals surface area contributed by atoms with Gasteiger partial charge in [-0.25, -0.2) is 0 Å². The summed E-state index contributed by atoms with van der Waals surface area (Å²) in [7, 11) is 0. The molecule has 2 N–H and O–H groups in total. The maximum absolute atomic E-state index is 13.7. The second-order valence-electron chi connectivity index (χ2n) is 12.5. The number of aliphatic hydroxyl groups is 2. The van der Waals surface area contributed by atoms with Gasteiger partial charge in [-0.05, 0) is 92.0 Å². The van der Waals surface area contributed by atoms with Crippen LogP contribution in [-0.2, 0) is 9.59 Å². The van der Waals surface area contributed by atoms with Gasteiger partial charge in [0, 0.05) is 47.3 Å². The van der Waals surface area contributed by atoms with E-state index in [2.05, 4.69) is 11.8 Å². The van der Waals surface area contributed by atoms with Crippen LogP contribution in [0, 0.1) is 28.6 Å². The van der Waals surface area contributed by atoms with Crippen molar-refractivity contribution in [3.8, 4) is 0 Å². The Morgan fingerprint density at radius 1 is 1.08 bits per heavy atom. The van der Waals surface area contributed by atoms with Gasteiger partial charge in [0.05, 0.1) is 11.9 Å². The highest BCUT2D eigenvalue weighted by Gasteiger charge is 2.68. The predicted octanol–water partition coefficient (Wildman–Crippen LogP) is 5.87. The van der Waals surface area contributed by atoms with Crippen LogP contribution in [0.15, 0.2) is 40.8 Å². The number of fused-ring (bicyclic) bond motifs is 5. The van der Waals surface area contributed by atoms with E-state index in [1.165, 1.54) is 17.3 Å². The van der Waals surface area contributed by atoms with E-state index in [0.29, 0.717) is 44.1 Å². The number of benzene rings is 1. The van der Waals surface area contributed by atoms with Crippen LogP contribution in [0.2, 0.25) is 0 Å². The second kappa shape index (κ2) is 11.3. The Hall–Kier alpha value is -1.05. The van der Waals surface area contributed by atoms with Crippen LogP contribution in [0.25, 0.3) is 0 Å². The first kappa shape index (κ1) is 29.4. The molecule has 0 spiro atoms. The molecule has 5 nitrogen and oxygen atoms in total. The van der Waals surface area contributed by atoms with Gasteiger partial charge in [-0.2, -0.15) is 0 Å². The van der Waals surface area contributed by atoms with Gasteiger partial charge in [0.2, 0.25) is 0 Å². The van der Waals surface area contributed by atoms with Crippen molar-refractivity contribution >= 4 is 52.2 Å². The lowest BCUT2D eigenvalue weighted by atomic mass is 9.45. The van der Waals surface area contributed by atoms with E-state index < -0.39 is 17.1 Å². The number of rotatable bonds is 9. The van der Waals surface area contributed by atoms with Gasteiger partial charge in [-0.1, -0.05) is 19.4 Å². The minimum atomic E-state index is -1.44. The number of thioether (sulfide) groups is 1. The third kappa shape index (κ3) is 5.01. The molecule has 1 aromatic rings. The van der Waals surface area contributed by atoms with Gasteiger partial charge in [0.1, 0.15) is 5.60 Å². The van der Waals surface area contributed by atoms with Crippen molar-refractivity contribution in [2.45, 2.75) is 75.4 Å². The summed E-state index contributed by atoms with van der Waals surface area (Å²) >= 11 is 13.3. The molecule has 0 amide bonds. The van der Waals surface area contributed by atoms with Crippen LogP contribution >= 0.6 is 35.0 Å². The predicted molar refractivity (Wildman–Crippen MR) is 159 cm³/mol. The van der Waals surface area contributed by atoms with Crippen LogP contribution in [0.4, 0.5) is 5.69 Å². The molecule has 0 aromatic heterocycles. The summed E-state index contributed by atoms with van der Waals surface area (Å²) in [6.07, 6.45) is 6.02. The third-order valence-corrected chi connectivity index (χ3v) is 12.1. The Bertz CT molecular complexity index is 1120. The normalized spacial score (nSPS) is 37.5. The fourth-order valence-corrected chi connectivity index (χ4v) is 10.0. The molecular formula is C31H41Cl2NO4S. The fourth-order valence-electron chi connectivity index (χ4n) is 8.75. The van der Waals surface area contributed by atoms with Crippen molar-refractivity contribution in [2.75, 3.05) is 35.5 Å². The molecule has 214 valence electrons. The number of carbonyl (C=O) groups is 2. The smallest absolute Gasteiger partial charge is 0.175 e. The molecule has 5 rings (SSSR count). The van der Waals surface area contributed by atoms with E-state index in [0.717, 1.165) is 36.3 Å². The molecule has 0 bridgehead atoms. The topological polar surface area (TPSA) is 77.8 Å². The maximum Gasteiger partial charge on any atom is 0.175 e. The lowest BCUT2D eigenvalue weighted by Crippen LogP contribution is -2.61. The van der Waals surface area contributed by atoms with Crippen molar-refractivity contribution in [1.29, 1.82) is 0 Å². The maximum atomic E-state index is 13.7. The Morgan fingerprint density at radius 2 is 1.77 bits per heavy atom. The molecule has 0 aliphatic heterocycles. The summed E-state index contributed by atoms with van der Waals surface area (Å²) in [4.78, 5) is 29.0. The third-order valence-electron chi connectivity index (χ3n) is 10.8. The van der Waals surface area contributed by atoms with Gasteiger partial charge < -0.3 is 15.1 Å². The molecule has 0 saturated heterocycles. The first-order chi connectivity index (χ1) is 18.6. The van der Waals surface area contributed by atoms with Crippen LogP contribution in [-0.4, -0.2) is 64.1 Å². The highest BCUT2D eigenvalue weighted by atomic mass is 35.5. The Balaban J connectivity index is 1.29. The van der Waals surface area contributed by atoms with Crippen LogP contribution in [0.1, 0.15) is 58.8 Å². The van der Waals surface area contributed by atoms with Crippen LogP contribution in [0.3, 0.4) is 0 Å². The first-order valence-corrected chi connectivity index (χ1v) is 16.4. The molecular weight excluding hydrogens is 553 g/mol. The van der Waals surface area contributed by atoms with Gasteiger partial charge in [0.25, 0.3) is 0 Å². The Labute approximate surface area is 246 Å². The standard InChI is InChI=1S/C31H41Cl2NO4S/c1-29-11-9-22(35)17-20(29)3-8-24-25-10-12-31(38,30(25,2)18-26(36)28(24)29)27(37)19-39-23-6-4-21(5-7-23)34(15-13-32)16-14-33/h4-7,17,24-26,28,36,38H,3,8-16,18-19H2,1-2H3/t24-,25-,26?,28+,29-,30-,31-/m0/s1. The number of allylic oxidation sites excluding steroid dienone is 1. The van der Waals surface area contributed by atoms with Gasteiger partial charge in [0.15, 0.2) is 11.6 Å². The van der Waals surface area contributed by atoms with Gasteiger partial charge in [-0.15, -0.1) is 35.0 Å². The SMILES string of the molecule is C[C@]12CCC(=O)C=C1CC[C@@H]1[C@@H]2C(O)C[C@@]2(C)[C@H]1CC[C@]2(O)C(=O)CSc1ccc(N(CCCl)CCCl)cc1. The number of carbonyl (C=O) groups excluding carboxylic acids is 2. The lowest BCUT2D eigenvalue weighted by molar-refractivity contribution is -0.178. The van der Waals surface area contributed by atoms with Crippen molar-refractivity contribution in [3.05, 3.63) is 35.9 Å². The summed E-state index contributed by atoms with van der Waals surface area (Å²) in [5.41, 5.74) is -0.0197. The van der Waals surface area contributed by atoms with Crippen molar-refractivity contribution in [2.24, 2.45) is 28.6 Å². The molecule has 3 saturated carbocycles. The van der Waals surface area contributed by atoms with Gasteiger partial charge in [-0.3, -0.25) is 9.59 Å². The lowest BCUT2D eigenvalue weighted by Gasteiger charge is -2.60. The summed E-state index contributed by atoms with van der Waals surface area (Å²) in [6, 6.07) is 8.06. The molecule has 0 heterocycles. The number of Topliss-reactive ketones (excluding diaryl/α,β-unsaturated/α-hetero) is 1. The highest BCUT2D eigenvalue weighted by Crippen LogP contribution is 2.67. The fraction of sp³-hybridized carbons (Fsp3) is 0.677. The summed E-state index contributed by atoms with van der Waals surface area (Å²) in [5, 5.41) is 23.6. The number of ketones is 2. The monoisotopic (exact) mass is 593 g/mol. The Kier molecular flexibility index (Phi) is 8.55. The molecule has 8 heteroatoms. The molecule has 7 atom stereocenters. The van der Waals surface area contributed by atoms with E-state index in [9.17, 15) is 19.8 Å². The van der Waals surface area contributed by atoms with Gasteiger partial charge >= 0.3 is 0 Å². The summed E-state index contributed by atoms with van der Waals surface area (Å²) in [5.74, 6) is 1.82. The van der Waals surface area contributed by atoms with E-state index in [4.69, 9.17) is 23.2 Å². The molecule has 4 aliphatic rings.